The van der Waals surface area contributed by atoms with Gasteiger partial charge < -0.3 is 9.80 Å². The van der Waals surface area contributed by atoms with Crippen molar-refractivity contribution in [2.45, 2.75) is 43.5 Å². The molecule has 1 amide bonds. The number of nitrogens with zero attached hydrogens (tertiary/aromatic N) is 2. The number of thioether (sulfide) groups is 1. The van der Waals surface area contributed by atoms with E-state index < -0.39 is 0 Å². The highest BCUT2D eigenvalue weighted by Crippen LogP contribution is 2.30. The number of hydrogen-bond donors (Lipinski definition) is 0. The summed E-state index contributed by atoms with van der Waals surface area (Å²) in [5.41, 5.74) is 2.13. The molecule has 120 valence electrons. The normalized spacial score (nSPS) is 25.8. The van der Waals surface area contributed by atoms with Crippen LogP contribution >= 0.6 is 11.8 Å². The van der Waals surface area contributed by atoms with Gasteiger partial charge in [-0.25, -0.2) is 0 Å². The number of carbonyl (C=O) groups is 1. The summed E-state index contributed by atoms with van der Waals surface area (Å²) in [6.07, 6.45) is 6.91. The molecule has 2 unspecified atom stereocenters. The van der Waals surface area contributed by atoms with Crippen LogP contribution in [0.15, 0.2) is 24.3 Å². The fourth-order valence-electron chi connectivity index (χ4n) is 3.94. The van der Waals surface area contributed by atoms with Crippen molar-refractivity contribution in [2.75, 3.05) is 26.4 Å². The number of rotatable bonds is 4. The first-order chi connectivity index (χ1) is 10.7. The van der Waals surface area contributed by atoms with Gasteiger partial charge in [-0.3, -0.25) is 4.79 Å². The molecule has 0 aliphatic carbocycles. The maximum absolute atomic E-state index is 12.9. The van der Waals surface area contributed by atoms with Crippen molar-refractivity contribution in [2.24, 2.45) is 0 Å². The third kappa shape index (κ3) is 3.18. The molecule has 2 saturated heterocycles. The molecule has 3 rings (SSSR count). The molecule has 0 bridgehead atoms. The minimum absolute atomic E-state index is 0.221. The molecule has 2 aliphatic heterocycles. The van der Waals surface area contributed by atoms with Crippen LogP contribution in [0.1, 0.15) is 41.6 Å². The zero-order valence-electron chi connectivity index (χ0n) is 13.6. The Morgan fingerprint density at radius 3 is 2.45 bits per heavy atom. The van der Waals surface area contributed by atoms with Crippen LogP contribution in [0.4, 0.5) is 0 Å². The molecule has 22 heavy (non-hydrogen) atoms. The van der Waals surface area contributed by atoms with E-state index in [9.17, 15) is 4.79 Å². The zero-order chi connectivity index (χ0) is 15.5. The summed E-state index contributed by atoms with van der Waals surface area (Å²) in [6, 6.07) is 9.16. The minimum Gasteiger partial charge on any atom is -0.334 e. The van der Waals surface area contributed by atoms with Gasteiger partial charge in [0.2, 0.25) is 0 Å². The number of likely N-dealkylation sites (N-methyl/N-ethyl adjacent to an activating group) is 1. The maximum Gasteiger partial charge on any atom is 0.254 e. The SMILES string of the molecule is CSCc1ccc(C(=O)N2CCCC2C2CCCN2C)cc1. The lowest BCUT2D eigenvalue weighted by Crippen LogP contribution is -2.47. The third-order valence-electron chi connectivity index (χ3n) is 5.09. The van der Waals surface area contributed by atoms with Crippen LogP contribution in [0, 0.1) is 0 Å². The van der Waals surface area contributed by atoms with Crippen molar-refractivity contribution < 1.29 is 4.79 Å². The Bertz CT molecular complexity index is 516. The van der Waals surface area contributed by atoms with Crippen molar-refractivity contribution in [1.82, 2.24) is 9.80 Å². The molecular formula is C18H26N2OS. The lowest BCUT2D eigenvalue weighted by atomic mass is 10.0. The summed E-state index contributed by atoms with van der Waals surface area (Å²) in [6.45, 7) is 2.09. The van der Waals surface area contributed by atoms with E-state index in [-0.39, 0.29) is 5.91 Å². The van der Waals surface area contributed by atoms with Gasteiger partial charge in [-0.1, -0.05) is 12.1 Å². The smallest absolute Gasteiger partial charge is 0.254 e. The first kappa shape index (κ1) is 15.9. The van der Waals surface area contributed by atoms with E-state index in [1.54, 1.807) is 0 Å². The zero-order valence-corrected chi connectivity index (χ0v) is 14.4. The summed E-state index contributed by atoms with van der Waals surface area (Å²) in [5, 5.41) is 0. The molecule has 0 aromatic heterocycles. The highest BCUT2D eigenvalue weighted by atomic mass is 32.2. The van der Waals surface area contributed by atoms with Gasteiger partial charge in [0.1, 0.15) is 0 Å². The lowest BCUT2D eigenvalue weighted by Gasteiger charge is -2.33. The van der Waals surface area contributed by atoms with Crippen molar-refractivity contribution in [1.29, 1.82) is 0 Å². The second-order valence-electron chi connectivity index (χ2n) is 6.53. The van der Waals surface area contributed by atoms with Crippen molar-refractivity contribution >= 4 is 17.7 Å². The van der Waals surface area contributed by atoms with E-state index in [0.717, 1.165) is 30.7 Å². The Kier molecular flexibility index (Phi) is 5.09. The summed E-state index contributed by atoms with van der Waals surface area (Å²) in [5.74, 6) is 1.23. The van der Waals surface area contributed by atoms with Crippen molar-refractivity contribution in [3.8, 4) is 0 Å². The molecule has 1 aromatic rings. The largest absolute Gasteiger partial charge is 0.334 e. The van der Waals surface area contributed by atoms with E-state index in [0.29, 0.717) is 12.1 Å². The lowest BCUT2D eigenvalue weighted by molar-refractivity contribution is 0.0664. The quantitative estimate of drug-likeness (QED) is 0.851. The molecule has 0 spiro atoms. The van der Waals surface area contributed by atoms with Gasteiger partial charge in [-0.05, 0) is 63.2 Å². The van der Waals surface area contributed by atoms with Crippen LogP contribution in [0.3, 0.4) is 0 Å². The highest BCUT2D eigenvalue weighted by molar-refractivity contribution is 7.97. The number of amides is 1. The van der Waals surface area contributed by atoms with E-state index in [2.05, 4.69) is 35.2 Å². The van der Waals surface area contributed by atoms with Crippen LogP contribution in [0.25, 0.3) is 0 Å². The fraction of sp³-hybridized carbons (Fsp3) is 0.611. The van der Waals surface area contributed by atoms with E-state index in [1.165, 1.54) is 24.9 Å². The summed E-state index contributed by atoms with van der Waals surface area (Å²) < 4.78 is 0. The Morgan fingerprint density at radius 2 is 1.82 bits per heavy atom. The first-order valence-electron chi connectivity index (χ1n) is 8.30. The predicted octanol–water partition coefficient (Wildman–Crippen LogP) is 3.25. The van der Waals surface area contributed by atoms with Crippen LogP contribution in [-0.2, 0) is 5.75 Å². The topological polar surface area (TPSA) is 23.6 Å². The van der Waals surface area contributed by atoms with Crippen LogP contribution in [0.5, 0.6) is 0 Å². The molecule has 0 N–H and O–H groups in total. The monoisotopic (exact) mass is 318 g/mol. The molecule has 1 aromatic carbocycles. The predicted molar refractivity (Wildman–Crippen MR) is 93.4 cm³/mol. The second-order valence-corrected chi connectivity index (χ2v) is 7.39. The van der Waals surface area contributed by atoms with Gasteiger partial charge in [0, 0.05) is 29.9 Å². The van der Waals surface area contributed by atoms with Gasteiger partial charge in [0.15, 0.2) is 0 Å². The minimum atomic E-state index is 0.221. The van der Waals surface area contributed by atoms with Gasteiger partial charge in [-0.15, -0.1) is 0 Å². The second kappa shape index (κ2) is 7.05. The van der Waals surface area contributed by atoms with Gasteiger partial charge in [0.05, 0.1) is 0 Å². The van der Waals surface area contributed by atoms with Gasteiger partial charge >= 0.3 is 0 Å². The molecule has 2 heterocycles. The standard InChI is InChI=1S/C18H26N2OS/c1-19-11-3-5-16(19)17-6-4-12-20(17)18(21)15-9-7-14(8-10-15)13-22-2/h7-10,16-17H,3-6,11-13H2,1-2H3. The molecule has 2 aliphatic rings. The van der Waals surface area contributed by atoms with Crippen LogP contribution < -0.4 is 0 Å². The molecule has 4 heteroatoms. The summed E-state index contributed by atoms with van der Waals surface area (Å²) in [4.78, 5) is 17.5. The molecule has 2 fully saturated rings. The fourth-order valence-corrected chi connectivity index (χ4v) is 4.47. The summed E-state index contributed by atoms with van der Waals surface area (Å²) >= 11 is 1.81. The Hall–Kier alpha value is -1.00. The highest BCUT2D eigenvalue weighted by Gasteiger charge is 2.38. The molecule has 0 saturated carbocycles. The summed E-state index contributed by atoms with van der Waals surface area (Å²) in [7, 11) is 2.20. The average molecular weight is 318 g/mol. The van der Waals surface area contributed by atoms with Crippen molar-refractivity contribution in [3.63, 3.8) is 0 Å². The van der Waals surface area contributed by atoms with E-state index in [4.69, 9.17) is 0 Å². The number of likely N-dealkylation sites (tertiary alicyclic amines) is 2. The van der Waals surface area contributed by atoms with Crippen LogP contribution in [-0.4, -0.2) is 54.2 Å². The Labute approximate surface area is 138 Å². The average Bonchev–Trinajstić information content (AvgIpc) is 3.16. The number of benzene rings is 1. The van der Waals surface area contributed by atoms with E-state index >= 15 is 0 Å². The first-order valence-corrected chi connectivity index (χ1v) is 9.69. The van der Waals surface area contributed by atoms with Crippen LogP contribution in [0.2, 0.25) is 0 Å². The molecule has 0 radical (unpaired) electrons. The molecular weight excluding hydrogens is 292 g/mol. The maximum atomic E-state index is 12.9. The number of hydrogen-bond acceptors (Lipinski definition) is 3. The Morgan fingerprint density at radius 1 is 1.14 bits per heavy atom. The molecule has 3 nitrogen and oxygen atoms in total. The van der Waals surface area contributed by atoms with Crippen molar-refractivity contribution in [3.05, 3.63) is 35.4 Å². The van der Waals surface area contributed by atoms with Gasteiger partial charge in [0.25, 0.3) is 5.91 Å². The Balaban J connectivity index is 1.72. The van der Waals surface area contributed by atoms with Gasteiger partial charge in [-0.2, -0.15) is 11.8 Å². The van der Waals surface area contributed by atoms with E-state index in [1.807, 2.05) is 23.9 Å². The molecule has 2 atom stereocenters. The number of carbonyl (C=O) groups excluding carboxylic acids is 1. The third-order valence-corrected chi connectivity index (χ3v) is 5.72.